The van der Waals surface area contributed by atoms with E-state index in [4.69, 9.17) is 14.2 Å². The Morgan fingerprint density at radius 2 is 1.29 bits per heavy atom. The molecule has 2 aromatic carbocycles. The fourth-order valence-electron chi connectivity index (χ4n) is 2.03. The summed E-state index contributed by atoms with van der Waals surface area (Å²) >= 11 is 0. The first-order valence-electron chi connectivity index (χ1n) is 6.76. The quantitative estimate of drug-likeness (QED) is 0.799. The number of hydrogen-bond acceptors (Lipinski definition) is 3. The van der Waals surface area contributed by atoms with Gasteiger partial charge in [-0.3, -0.25) is 0 Å². The molecule has 0 spiro atoms. The van der Waals surface area contributed by atoms with E-state index in [1.165, 1.54) is 0 Å². The minimum atomic E-state index is -0.0852. The summed E-state index contributed by atoms with van der Waals surface area (Å²) in [6, 6.07) is 15.8. The number of methoxy groups -OCH3 is 3. The molecule has 1 unspecified atom stereocenters. The van der Waals surface area contributed by atoms with Gasteiger partial charge >= 0.3 is 0 Å². The average molecular weight is 284 g/mol. The zero-order chi connectivity index (χ0) is 15.1. The van der Waals surface area contributed by atoms with Gasteiger partial charge in [0.1, 0.15) is 17.6 Å². The molecule has 0 aliphatic carbocycles. The Hall–Kier alpha value is -2.26. The van der Waals surface area contributed by atoms with Gasteiger partial charge in [0.05, 0.1) is 14.2 Å². The lowest BCUT2D eigenvalue weighted by molar-refractivity contribution is 0.143. The maximum atomic E-state index is 5.52. The van der Waals surface area contributed by atoms with E-state index in [-0.39, 0.29) is 6.10 Å². The third kappa shape index (κ3) is 4.10. The SMILES string of the molecule is COc1ccc(/C=C/C(OC)c2ccc(OC)cc2)cc1. The van der Waals surface area contributed by atoms with Crippen LogP contribution in [0.25, 0.3) is 6.08 Å². The van der Waals surface area contributed by atoms with Crippen LogP contribution < -0.4 is 9.47 Å². The van der Waals surface area contributed by atoms with Gasteiger partial charge in [0, 0.05) is 7.11 Å². The number of hydrogen-bond donors (Lipinski definition) is 0. The number of rotatable bonds is 6. The van der Waals surface area contributed by atoms with Gasteiger partial charge in [0.15, 0.2) is 0 Å². The molecule has 3 nitrogen and oxygen atoms in total. The van der Waals surface area contributed by atoms with E-state index in [0.717, 1.165) is 22.6 Å². The highest BCUT2D eigenvalue weighted by Crippen LogP contribution is 2.22. The van der Waals surface area contributed by atoms with Gasteiger partial charge in [0.2, 0.25) is 0 Å². The van der Waals surface area contributed by atoms with Crippen molar-refractivity contribution in [3.05, 3.63) is 65.7 Å². The molecule has 1 atom stereocenters. The molecule has 0 fully saturated rings. The van der Waals surface area contributed by atoms with Gasteiger partial charge in [0.25, 0.3) is 0 Å². The van der Waals surface area contributed by atoms with Crippen LogP contribution in [0.15, 0.2) is 54.6 Å². The first kappa shape index (κ1) is 15.1. The Kier molecular flexibility index (Phi) is 5.41. The molecular weight excluding hydrogens is 264 g/mol. The minimum Gasteiger partial charge on any atom is -0.497 e. The highest BCUT2D eigenvalue weighted by Gasteiger charge is 2.06. The Bertz CT molecular complexity index is 570. The molecule has 110 valence electrons. The molecular formula is C18H20O3. The van der Waals surface area contributed by atoms with Gasteiger partial charge in [-0.25, -0.2) is 0 Å². The summed E-state index contributed by atoms with van der Waals surface area (Å²) in [5.41, 5.74) is 2.19. The summed E-state index contributed by atoms with van der Waals surface area (Å²) < 4.78 is 15.8. The van der Waals surface area contributed by atoms with Crippen molar-refractivity contribution in [2.24, 2.45) is 0 Å². The fourth-order valence-corrected chi connectivity index (χ4v) is 2.03. The first-order valence-corrected chi connectivity index (χ1v) is 6.76. The third-order valence-electron chi connectivity index (χ3n) is 3.28. The first-order chi connectivity index (χ1) is 10.3. The maximum absolute atomic E-state index is 5.52. The predicted molar refractivity (Wildman–Crippen MR) is 84.8 cm³/mol. The zero-order valence-electron chi connectivity index (χ0n) is 12.6. The molecule has 0 saturated heterocycles. The normalized spacial score (nSPS) is 12.3. The van der Waals surface area contributed by atoms with E-state index in [9.17, 15) is 0 Å². The van der Waals surface area contributed by atoms with Crippen molar-refractivity contribution in [3.63, 3.8) is 0 Å². The highest BCUT2D eigenvalue weighted by atomic mass is 16.5. The van der Waals surface area contributed by atoms with Crippen molar-refractivity contribution < 1.29 is 14.2 Å². The monoisotopic (exact) mass is 284 g/mol. The van der Waals surface area contributed by atoms with E-state index in [1.807, 2.05) is 60.7 Å². The second-order valence-corrected chi connectivity index (χ2v) is 4.56. The van der Waals surface area contributed by atoms with Crippen molar-refractivity contribution in [3.8, 4) is 11.5 Å². The summed E-state index contributed by atoms with van der Waals surface area (Å²) in [4.78, 5) is 0. The molecule has 0 saturated carbocycles. The van der Waals surface area contributed by atoms with Crippen LogP contribution in [0.5, 0.6) is 11.5 Å². The second kappa shape index (κ2) is 7.50. The van der Waals surface area contributed by atoms with E-state index >= 15 is 0 Å². The van der Waals surface area contributed by atoms with Crippen LogP contribution in [0.1, 0.15) is 17.2 Å². The van der Waals surface area contributed by atoms with E-state index in [2.05, 4.69) is 0 Å². The largest absolute Gasteiger partial charge is 0.497 e. The Morgan fingerprint density at radius 3 is 1.76 bits per heavy atom. The Balaban J connectivity index is 2.11. The van der Waals surface area contributed by atoms with Crippen molar-refractivity contribution in [2.45, 2.75) is 6.10 Å². The molecule has 0 aliphatic rings. The molecule has 21 heavy (non-hydrogen) atoms. The highest BCUT2D eigenvalue weighted by molar-refractivity contribution is 5.51. The molecule has 0 amide bonds. The molecule has 2 aromatic rings. The Morgan fingerprint density at radius 1 is 0.762 bits per heavy atom. The van der Waals surface area contributed by atoms with Crippen LogP contribution in [0.3, 0.4) is 0 Å². The van der Waals surface area contributed by atoms with Crippen molar-refractivity contribution in [2.75, 3.05) is 21.3 Å². The summed E-state index contributed by atoms with van der Waals surface area (Å²) in [5.74, 6) is 1.69. The number of benzene rings is 2. The lowest BCUT2D eigenvalue weighted by Crippen LogP contribution is -1.97. The maximum Gasteiger partial charge on any atom is 0.118 e. The third-order valence-corrected chi connectivity index (χ3v) is 3.28. The summed E-state index contributed by atoms with van der Waals surface area (Å²) in [6.45, 7) is 0. The van der Waals surface area contributed by atoms with Crippen molar-refractivity contribution in [1.29, 1.82) is 0 Å². The smallest absolute Gasteiger partial charge is 0.118 e. The van der Waals surface area contributed by atoms with Gasteiger partial charge in [-0.15, -0.1) is 0 Å². The topological polar surface area (TPSA) is 27.7 Å². The summed E-state index contributed by atoms with van der Waals surface area (Å²) in [6.07, 6.45) is 3.99. The lowest BCUT2D eigenvalue weighted by Gasteiger charge is -2.12. The van der Waals surface area contributed by atoms with E-state index < -0.39 is 0 Å². The second-order valence-electron chi connectivity index (χ2n) is 4.56. The van der Waals surface area contributed by atoms with Gasteiger partial charge in [-0.05, 0) is 35.4 Å². The number of ether oxygens (including phenoxy) is 3. The van der Waals surface area contributed by atoms with Crippen LogP contribution in [0, 0.1) is 0 Å². The molecule has 0 N–H and O–H groups in total. The minimum absolute atomic E-state index is 0.0852. The molecule has 3 heteroatoms. The predicted octanol–water partition coefficient (Wildman–Crippen LogP) is 4.10. The van der Waals surface area contributed by atoms with Gasteiger partial charge in [-0.1, -0.05) is 36.4 Å². The van der Waals surface area contributed by atoms with Crippen LogP contribution in [0.2, 0.25) is 0 Å². The fraction of sp³-hybridized carbons (Fsp3) is 0.222. The van der Waals surface area contributed by atoms with Gasteiger partial charge in [-0.2, -0.15) is 0 Å². The van der Waals surface area contributed by atoms with Crippen LogP contribution >= 0.6 is 0 Å². The van der Waals surface area contributed by atoms with Crippen LogP contribution in [-0.2, 0) is 4.74 Å². The average Bonchev–Trinajstić information content (AvgIpc) is 2.56. The Labute approximate surface area is 125 Å². The lowest BCUT2D eigenvalue weighted by atomic mass is 10.1. The van der Waals surface area contributed by atoms with E-state index in [0.29, 0.717) is 0 Å². The standard InChI is InChI=1S/C18H20O3/c1-19-16-9-4-14(5-10-16)6-13-18(21-3)15-7-11-17(20-2)12-8-15/h4-13,18H,1-3H3/b13-6+. The molecule has 0 aliphatic heterocycles. The summed E-state index contributed by atoms with van der Waals surface area (Å²) in [7, 11) is 5.02. The van der Waals surface area contributed by atoms with Crippen LogP contribution in [-0.4, -0.2) is 21.3 Å². The zero-order valence-corrected chi connectivity index (χ0v) is 12.6. The molecule has 0 aromatic heterocycles. The molecule has 0 radical (unpaired) electrons. The van der Waals surface area contributed by atoms with Crippen LogP contribution in [0.4, 0.5) is 0 Å². The molecule has 0 bridgehead atoms. The van der Waals surface area contributed by atoms with Crippen molar-refractivity contribution in [1.82, 2.24) is 0 Å². The van der Waals surface area contributed by atoms with E-state index in [1.54, 1.807) is 21.3 Å². The van der Waals surface area contributed by atoms with Gasteiger partial charge < -0.3 is 14.2 Å². The molecule has 0 heterocycles. The molecule has 2 rings (SSSR count). The summed E-state index contributed by atoms with van der Waals surface area (Å²) in [5, 5.41) is 0. The van der Waals surface area contributed by atoms with Crippen molar-refractivity contribution >= 4 is 6.08 Å².